The number of likely N-dealkylation sites (tertiary alicyclic amines) is 1. The highest BCUT2D eigenvalue weighted by Gasteiger charge is 2.21. The summed E-state index contributed by atoms with van der Waals surface area (Å²) in [5.41, 5.74) is 0. The average molecular weight is 322 g/mol. The minimum atomic E-state index is 0.0421. The second kappa shape index (κ2) is 7.51. The molecule has 1 atom stereocenters. The Morgan fingerprint density at radius 1 is 1.23 bits per heavy atom. The Kier molecular flexibility index (Phi) is 5.41. The third-order valence-corrected chi connectivity index (χ3v) is 5.75. The number of hydrogen-bond donors (Lipinski definition) is 1. The molecule has 2 fully saturated rings. The van der Waals surface area contributed by atoms with Crippen LogP contribution in [0.1, 0.15) is 62.8 Å². The van der Waals surface area contributed by atoms with E-state index >= 15 is 0 Å². The molecule has 122 valence electrons. The van der Waals surface area contributed by atoms with Gasteiger partial charge in [0.2, 0.25) is 11.0 Å². The lowest BCUT2D eigenvalue weighted by Crippen LogP contribution is -2.39. The molecule has 2 heterocycles. The molecule has 1 unspecified atom stereocenters. The Hall–Kier alpha value is -1.01. The van der Waals surface area contributed by atoms with E-state index in [1.165, 1.54) is 44.9 Å². The third-order valence-electron chi connectivity index (χ3n) is 4.75. The van der Waals surface area contributed by atoms with Crippen LogP contribution in [0.3, 0.4) is 0 Å². The molecule has 1 aromatic heterocycles. The van der Waals surface area contributed by atoms with Crippen molar-refractivity contribution in [2.45, 2.75) is 57.8 Å². The lowest BCUT2D eigenvalue weighted by molar-refractivity contribution is -0.117. The summed E-state index contributed by atoms with van der Waals surface area (Å²) in [4.78, 5) is 14.4. The molecular formula is C16H26N4OS. The standard InChI is InChI=1S/C16H26N4OS/c1-12-6-5-9-20(10-12)11-14(21)17-16-19-18-15(22-16)13-7-3-2-4-8-13/h12-13H,2-11H2,1H3,(H,17,19,21). The Morgan fingerprint density at radius 3 is 2.82 bits per heavy atom. The van der Waals surface area contributed by atoms with Crippen LogP contribution in [-0.2, 0) is 4.79 Å². The van der Waals surface area contributed by atoms with E-state index in [1.54, 1.807) is 11.3 Å². The summed E-state index contributed by atoms with van der Waals surface area (Å²) in [5.74, 6) is 1.29. The van der Waals surface area contributed by atoms with Crippen LogP contribution in [0.25, 0.3) is 0 Å². The molecule has 1 aromatic rings. The first-order valence-corrected chi connectivity index (χ1v) is 9.38. The highest BCUT2D eigenvalue weighted by molar-refractivity contribution is 7.15. The van der Waals surface area contributed by atoms with Gasteiger partial charge in [-0.05, 0) is 38.1 Å². The number of amides is 1. The highest BCUT2D eigenvalue weighted by atomic mass is 32.1. The van der Waals surface area contributed by atoms with Gasteiger partial charge in [0, 0.05) is 12.5 Å². The maximum Gasteiger partial charge on any atom is 0.240 e. The highest BCUT2D eigenvalue weighted by Crippen LogP contribution is 2.35. The lowest BCUT2D eigenvalue weighted by atomic mass is 9.90. The topological polar surface area (TPSA) is 58.1 Å². The normalized spacial score (nSPS) is 24.3. The number of anilines is 1. The van der Waals surface area contributed by atoms with Crippen molar-refractivity contribution in [1.82, 2.24) is 15.1 Å². The number of nitrogens with one attached hydrogen (secondary N) is 1. The van der Waals surface area contributed by atoms with E-state index in [2.05, 4.69) is 27.3 Å². The molecule has 0 radical (unpaired) electrons. The van der Waals surface area contributed by atoms with Gasteiger partial charge in [-0.25, -0.2) is 0 Å². The van der Waals surface area contributed by atoms with Gasteiger partial charge < -0.3 is 0 Å². The molecule has 0 bridgehead atoms. The van der Waals surface area contributed by atoms with Gasteiger partial charge in [-0.2, -0.15) is 0 Å². The Morgan fingerprint density at radius 2 is 2.05 bits per heavy atom. The molecule has 1 amide bonds. The van der Waals surface area contributed by atoms with Crippen molar-refractivity contribution in [3.8, 4) is 0 Å². The SMILES string of the molecule is CC1CCCN(CC(=O)Nc2nnc(C3CCCCC3)s2)C1. The van der Waals surface area contributed by atoms with Gasteiger partial charge in [0.1, 0.15) is 5.01 Å². The fraction of sp³-hybridized carbons (Fsp3) is 0.812. The van der Waals surface area contributed by atoms with Crippen molar-refractivity contribution in [2.24, 2.45) is 5.92 Å². The summed E-state index contributed by atoms with van der Waals surface area (Å²) in [6.07, 6.45) is 8.83. The second-order valence-corrected chi connectivity index (χ2v) is 7.82. The van der Waals surface area contributed by atoms with E-state index in [-0.39, 0.29) is 5.91 Å². The van der Waals surface area contributed by atoms with Gasteiger partial charge in [-0.15, -0.1) is 10.2 Å². The molecule has 22 heavy (non-hydrogen) atoms. The van der Waals surface area contributed by atoms with Crippen LogP contribution in [0.15, 0.2) is 0 Å². The molecule has 0 spiro atoms. The number of hydrogen-bond acceptors (Lipinski definition) is 5. The summed E-state index contributed by atoms with van der Waals surface area (Å²) in [6, 6.07) is 0. The Bertz CT molecular complexity index is 498. The van der Waals surface area contributed by atoms with E-state index in [0.717, 1.165) is 18.1 Å². The molecule has 6 heteroatoms. The predicted octanol–water partition coefficient (Wildman–Crippen LogP) is 3.26. The number of nitrogens with zero attached hydrogens (tertiary/aromatic N) is 3. The number of carbonyl (C=O) groups is 1. The van der Waals surface area contributed by atoms with E-state index in [4.69, 9.17) is 0 Å². The Labute approximate surface area is 136 Å². The van der Waals surface area contributed by atoms with E-state index in [0.29, 0.717) is 23.5 Å². The zero-order valence-electron chi connectivity index (χ0n) is 13.4. The Balaban J connectivity index is 1.50. The van der Waals surface area contributed by atoms with Crippen molar-refractivity contribution in [3.63, 3.8) is 0 Å². The van der Waals surface area contributed by atoms with Gasteiger partial charge in [-0.3, -0.25) is 15.0 Å². The maximum absolute atomic E-state index is 12.2. The fourth-order valence-electron chi connectivity index (χ4n) is 3.59. The maximum atomic E-state index is 12.2. The molecule has 1 N–H and O–H groups in total. The largest absolute Gasteiger partial charge is 0.299 e. The molecule has 0 aromatic carbocycles. The lowest BCUT2D eigenvalue weighted by Gasteiger charge is -2.29. The number of carbonyl (C=O) groups excluding carboxylic acids is 1. The van der Waals surface area contributed by atoms with Crippen LogP contribution in [-0.4, -0.2) is 40.6 Å². The van der Waals surface area contributed by atoms with E-state index < -0.39 is 0 Å². The van der Waals surface area contributed by atoms with Crippen molar-refractivity contribution < 1.29 is 4.79 Å². The molecule has 3 rings (SSSR count). The van der Waals surface area contributed by atoms with Gasteiger partial charge >= 0.3 is 0 Å². The summed E-state index contributed by atoms with van der Waals surface area (Å²) < 4.78 is 0. The van der Waals surface area contributed by atoms with Crippen LogP contribution in [0.2, 0.25) is 0 Å². The third kappa shape index (κ3) is 4.26. The molecule has 2 aliphatic rings. The van der Waals surface area contributed by atoms with Gasteiger partial charge in [-0.1, -0.05) is 37.5 Å². The monoisotopic (exact) mass is 322 g/mol. The summed E-state index contributed by atoms with van der Waals surface area (Å²) in [6.45, 7) is 4.78. The van der Waals surface area contributed by atoms with Gasteiger partial charge in [0.25, 0.3) is 0 Å². The van der Waals surface area contributed by atoms with Crippen molar-refractivity contribution in [3.05, 3.63) is 5.01 Å². The minimum Gasteiger partial charge on any atom is -0.299 e. The number of aromatic nitrogens is 2. The van der Waals surface area contributed by atoms with Crippen molar-refractivity contribution >= 4 is 22.4 Å². The van der Waals surface area contributed by atoms with Crippen molar-refractivity contribution in [1.29, 1.82) is 0 Å². The molecular weight excluding hydrogens is 296 g/mol. The van der Waals surface area contributed by atoms with Crippen LogP contribution in [0.5, 0.6) is 0 Å². The van der Waals surface area contributed by atoms with Crippen molar-refractivity contribution in [2.75, 3.05) is 25.0 Å². The zero-order valence-corrected chi connectivity index (χ0v) is 14.2. The second-order valence-electron chi connectivity index (χ2n) is 6.81. The first-order valence-electron chi connectivity index (χ1n) is 8.56. The fourth-order valence-corrected chi connectivity index (χ4v) is 4.52. The molecule has 5 nitrogen and oxygen atoms in total. The van der Waals surface area contributed by atoms with Crippen LogP contribution in [0.4, 0.5) is 5.13 Å². The first kappa shape index (κ1) is 15.9. The van der Waals surface area contributed by atoms with Crippen LogP contribution in [0, 0.1) is 5.92 Å². The van der Waals surface area contributed by atoms with Gasteiger partial charge in [0.15, 0.2) is 0 Å². The quantitative estimate of drug-likeness (QED) is 0.924. The number of rotatable bonds is 4. The summed E-state index contributed by atoms with van der Waals surface area (Å²) in [7, 11) is 0. The van der Waals surface area contributed by atoms with E-state index in [9.17, 15) is 4.79 Å². The van der Waals surface area contributed by atoms with Gasteiger partial charge in [0.05, 0.1) is 6.54 Å². The summed E-state index contributed by atoms with van der Waals surface area (Å²) >= 11 is 1.56. The molecule has 1 aliphatic carbocycles. The van der Waals surface area contributed by atoms with Crippen LogP contribution >= 0.6 is 11.3 Å². The molecule has 1 saturated heterocycles. The molecule has 1 saturated carbocycles. The summed E-state index contributed by atoms with van der Waals surface area (Å²) in [5, 5.41) is 13.1. The molecule has 1 aliphatic heterocycles. The minimum absolute atomic E-state index is 0.0421. The zero-order chi connectivity index (χ0) is 15.4. The predicted molar refractivity (Wildman–Crippen MR) is 89.2 cm³/mol. The van der Waals surface area contributed by atoms with E-state index in [1.807, 2.05) is 0 Å². The first-order chi connectivity index (χ1) is 10.7. The smallest absolute Gasteiger partial charge is 0.240 e. The average Bonchev–Trinajstić information content (AvgIpc) is 2.96. The number of piperidine rings is 1. The van der Waals surface area contributed by atoms with Crippen LogP contribution < -0.4 is 5.32 Å².